The van der Waals surface area contributed by atoms with Gasteiger partial charge >= 0.3 is 0 Å². The van der Waals surface area contributed by atoms with Crippen molar-refractivity contribution in [1.29, 1.82) is 0 Å². The quantitative estimate of drug-likeness (QED) is 0.0949. The Bertz CT molecular complexity index is 2750. The highest BCUT2D eigenvalue weighted by molar-refractivity contribution is 7.80. The second-order valence-corrected chi connectivity index (χ2v) is 15.0. The minimum Gasteiger partial charge on any atom is -0.271 e. The summed E-state index contributed by atoms with van der Waals surface area (Å²) in [5.41, 5.74) is 0.430. The van der Waals surface area contributed by atoms with Crippen molar-refractivity contribution in [2.75, 3.05) is 0 Å². The van der Waals surface area contributed by atoms with Crippen molar-refractivity contribution >= 4 is 87.2 Å². The zero-order valence-corrected chi connectivity index (χ0v) is 26.3. The average molecular weight is 629 g/mol. The van der Waals surface area contributed by atoms with Gasteiger partial charge in [0.15, 0.2) is 0 Å². The molecule has 0 N–H and O–H groups in total. The zero-order valence-electron chi connectivity index (χ0n) is 24.5. The molecule has 0 amide bonds. The Morgan fingerprint density at radius 2 is 1.13 bits per heavy atom. The summed E-state index contributed by atoms with van der Waals surface area (Å²) in [6.45, 7) is 0. The van der Waals surface area contributed by atoms with Crippen LogP contribution in [0.5, 0.6) is 0 Å². The molecule has 6 nitrogen and oxygen atoms in total. The molecule has 0 unspecified atom stereocenters. The summed E-state index contributed by atoms with van der Waals surface area (Å²) in [6, 6.07) is 5.56. The standard InChI is InChI=1S/C37H28N2O4S2/c40-34-20-13-7-12-19-29-24(44)14-21-28-23(37(43)39(35(21)41)18-10-5-2-6-11-18)16-26-32(33(28)29)31-25(45-26)15-22(27(20)30(19)31)36(42)38(34)17-8-3-1-4-9-17/h14-18,44H,1-6,8-11,13H2. The third-order valence-corrected chi connectivity index (χ3v) is 12.5. The molecule has 2 saturated carbocycles. The Labute approximate surface area is 265 Å². The third-order valence-electron chi connectivity index (χ3n) is 11.1. The first-order chi connectivity index (χ1) is 21.9. The predicted molar refractivity (Wildman–Crippen MR) is 186 cm³/mol. The maximum absolute atomic E-state index is 14.3. The molecular formula is C37H28N2O4S2. The summed E-state index contributed by atoms with van der Waals surface area (Å²) in [5, 5.41) is 7.40. The van der Waals surface area contributed by atoms with Crippen LogP contribution in [0.15, 0.2) is 42.3 Å². The second-order valence-electron chi connectivity index (χ2n) is 13.4. The van der Waals surface area contributed by atoms with E-state index in [1.54, 1.807) is 11.3 Å². The minimum absolute atomic E-state index is 0.0869. The molecule has 222 valence electrons. The lowest BCUT2D eigenvalue weighted by Crippen LogP contribution is -2.39. The van der Waals surface area contributed by atoms with Gasteiger partial charge in [-0.1, -0.05) is 50.4 Å². The smallest absolute Gasteiger partial charge is 0.261 e. The lowest BCUT2D eigenvalue weighted by atomic mass is 9.86. The van der Waals surface area contributed by atoms with Gasteiger partial charge in [-0.2, -0.15) is 0 Å². The molecule has 0 atom stereocenters. The van der Waals surface area contributed by atoms with Gasteiger partial charge in [0.25, 0.3) is 22.2 Å². The highest BCUT2D eigenvalue weighted by Gasteiger charge is 2.31. The molecule has 0 bridgehead atoms. The molecule has 0 saturated heterocycles. The van der Waals surface area contributed by atoms with Crippen LogP contribution in [-0.2, 0) is 6.42 Å². The van der Waals surface area contributed by atoms with Gasteiger partial charge in [-0.05, 0) is 43.9 Å². The Hall–Kier alpha value is -3.93. The molecule has 10 rings (SSSR count). The van der Waals surface area contributed by atoms with Gasteiger partial charge in [-0.15, -0.1) is 24.0 Å². The summed E-state index contributed by atoms with van der Waals surface area (Å²) >= 11 is 6.56. The minimum atomic E-state index is -0.241. The lowest BCUT2D eigenvalue weighted by molar-refractivity contribution is 0.341. The lowest BCUT2D eigenvalue weighted by Gasteiger charge is -2.25. The van der Waals surface area contributed by atoms with Crippen LogP contribution in [0.1, 0.15) is 87.4 Å². The van der Waals surface area contributed by atoms with E-state index in [1.165, 1.54) is 9.13 Å². The van der Waals surface area contributed by atoms with Crippen molar-refractivity contribution in [3.8, 4) is 11.8 Å². The fraction of sp³-hybridized carbons (Fsp3) is 0.351. The molecule has 7 aromatic rings. The van der Waals surface area contributed by atoms with Crippen molar-refractivity contribution in [3.63, 3.8) is 0 Å². The summed E-state index contributed by atoms with van der Waals surface area (Å²) in [4.78, 5) is 57.4. The first kappa shape index (κ1) is 26.3. The van der Waals surface area contributed by atoms with Crippen LogP contribution >= 0.6 is 24.0 Å². The number of thiophene rings is 1. The fourth-order valence-electron chi connectivity index (χ4n) is 9.16. The molecule has 2 fully saturated rings. The molecular weight excluding hydrogens is 601 g/mol. The van der Waals surface area contributed by atoms with E-state index in [1.807, 2.05) is 18.2 Å². The Kier molecular flexibility index (Phi) is 5.31. The van der Waals surface area contributed by atoms with Crippen LogP contribution in [0.4, 0.5) is 0 Å². The fourth-order valence-corrected chi connectivity index (χ4v) is 10.7. The average Bonchev–Trinajstić information content (AvgIpc) is 3.30. The number of nitrogens with zero attached hydrogens (tertiary/aromatic N) is 2. The molecule has 0 aliphatic heterocycles. The van der Waals surface area contributed by atoms with E-state index in [4.69, 9.17) is 12.6 Å². The van der Waals surface area contributed by atoms with Gasteiger partial charge in [0.2, 0.25) is 0 Å². The van der Waals surface area contributed by atoms with E-state index in [0.29, 0.717) is 37.4 Å². The monoisotopic (exact) mass is 628 g/mol. The molecule has 3 aromatic heterocycles. The summed E-state index contributed by atoms with van der Waals surface area (Å²) in [7, 11) is 0. The van der Waals surface area contributed by atoms with E-state index < -0.39 is 0 Å². The summed E-state index contributed by atoms with van der Waals surface area (Å²) in [5.74, 6) is 6.69. The van der Waals surface area contributed by atoms with Crippen molar-refractivity contribution in [2.24, 2.45) is 0 Å². The van der Waals surface area contributed by atoms with Gasteiger partial charge < -0.3 is 0 Å². The van der Waals surface area contributed by atoms with Gasteiger partial charge in [0.05, 0.1) is 5.39 Å². The SMILES string of the molecule is O=c1c2c3c(cc4sc5cc6c(=O)n(C7CCCCC7)c(=O)c7cc(S)c8c(c3c4c5c8c76)C#CC2)c(=O)n1C1CCCCC1. The normalized spacial score (nSPS) is 18.0. The number of fused-ring (bicyclic) bond motifs is 1. The van der Waals surface area contributed by atoms with E-state index in [2.05, 4.69) is 11.8 Å². The largest absolute Gasteiger partial charge is 0.271 e. The van der Waals surface area contributed by atoms with Gasteiger partial charge in [-0.3, -0.25) is 28.3 Å². The zero-order chi connectivity index (χ0) is 30.3. The van der Waals surface area contributed by atoms with Gasteiger partial charge in [0, 0.05) is 92.4 Å². The number of pyridine rings is 2. The topological polar surface area (TPSA) is 78.1 Å². The Balaban J connectivity index is 1.43. The number of hydrogen-bond acceptors (Lipinski definition) is 6. The third kappa shape index (κ3) is 3.23. The van der Waals surface area contributed by atoms with Crippen molar-refractivity contribution in [1.82, 2.24) is 9.13 Å². The second kappa shape index (κ2) is 9.08. The van der Waals surface area contributed by atoms with Crippen molar-refractivity contribution in [2.45, 2.75) is 87.6 Å². The number of hydrogen-bond donors (Lipinski definition) is 1. The molecule has 45 heavy (non-hydrogen) atoms. The van der Waals surface area contributed by atoms with E-state index in [0.717, 1.165) is 106 Å². The molecule has 3 aliphatic rings. The van der Waals surface area contributed by atoms with E-state index >= 15 is 0 Å². The summed E-state index contributed by atoms with van der Waals surface area (Å²) < 4.78 is 4.92. The van der Waals surface area contributed by atoms with E-state index in [9.17, 15) is 19.2 Å². The predicted octanol–water partition coefficient (Wildman–Crippen LogP) is 7.23. The molecule has 4 aromatic carbocycles. The first-order valence-electron chi connectivity index (χ1n) is 16.2. The first-order valence-corrected chi connectivity index (χ1v) is 17.4. The van der Waals surface area contributed by atoms with Gasteiger partial charge in [0.1, 0.15) is 0 Å². The highest BCUT2D eigenvalue weighted by Crippen LogP contribution is 2.51. The van der Waals surface area contributed by atoms with E-state index in [-0.39, 0.29) is 40.7 Å². The van der Waals surface area contributed by atoms with Crippen LogP contribution in [-0.4, -0.2) is 9.13 Å². The maximum Gasteiger partial charge on any atom is 0.261 e. The van der Waals surface area contributed by atoms with Crippen LogP contribution in [0, 0.1) is 11.8 Å². The summed E-state index contributed by atoms with van der Waals surface area (Å²) in [6.07, 6.45) is 9.92. The molecule has 0 radical (unpaired) electrons. The van der Waals surface area contributed by atoms with Crippen LogP contribution in [0.3, 0.4) is 0 Å². The molecule has 3 aliphatic carbocycles. The van der Waals surface area contributed by atoms with Crippen LogP contribution in [0.25, 0.3) is 63.3 Å². The maximum atomic E-state index is 14.3. The number of rotatable bonds is 2. The molecule has 8 heteroatoms. The number of aromatic nitrogens is 2. The van der Waals surface area contributed by atoms with Crippen LogP contribution in [0.2, 0.25) is 0 Å². The Morgan fingerprint density at radius 1 is 0.600 bits per heavy atom. The highest BCUT2D eigenvalue weighted by atomic mass is 32.1. The van der Waals surface area contributed by atoms with Crippen LogP contribution < -0.4 is 22.2 Å². The number of benzene rings is 4. The molecule has 3 heterocycles. The van der Waals surface area contributed by atoms with Gasteiger partial charge in [-0.25, -0.2) is 0 Å². The Morgan fingerprint density at radius 3 is 1.76 bits per heavy atom. The van der Waals surface area contributed by atoms with Crippen molar-refractivity contribution < 1.29 is 0 Å². The molecule has 0 spiro atoms. The van der Waals surface area contributed by atoms with Crippen molar-refractivity contribution in [3.05, 3.63) is 70.7 Å². The number of thiol groups is 1.